The number of halogens is 1. The molecule has 110 valence electrons. The predicted molar refractivity (Wildman–Crippen MR) is 91.9 cm³/mol. The maximum Gasteiger partial charge on any atom is 0.131 e. The van der Waals surface area contributed by atoms with Crippen LogP contribution in [0.15, 0.2) is 51.9 Å². The first kappa shape index (κ1) is 15.6. The number of rotatable bonds is 5. The lowest BCUT2D eigenvalue weighted by molar-refractivity contribution is 0.478. The molecule has 21 heavy (non-hydrogen) atoms. The van der Waals surface area contributed by atoms with Gasteiger partial charge in [-0.15, -0.1) is 0 Å². The van der Waals surface area contributed by atoms with Crippen molar-refractivity contribution in [2.45, 2.75) is 13.8 Å². The molecule has 2 aromatic carbocycles. The molecule has 0 aliphatic rings. The topological polar surface area (TPSA) is 24.8 Å². The largest absolute Gasteiger partial charge is 0.457 e. The Kier molecular flexibility index (Phi) is 5.39. The van der Waals surface area contributed by atoms with Gasteiger partial charge in [-0.05, 0) is 59.6 Å². The van der Waals surface area contributed by atoms with Crippen molar-refractivity contribution in [2.24, 2.45) is 4.99 Å². The zero-order valence-corrected chi connectivity index (χ0v) is 14.1. The zero-order valence-electron chi connectivity index (χ0n) is 12.5. The number of hydrogen-bond donors (Lipinski definition) is 0. The van der Waals surface area contributed by atoms with E-state index in [9.17, 15) is 0 Å². The van der Waals surface area contributed by atoms with Gasteiger partial charge in [-0.2, -0.15) is 0 Å². The molecule has 4 heteroatoms. The molecule has 0 saturated heterocycles. The summed E-state index contributed by atoms with van der Waals surface area (Å²) in [5.41, 5.74) is 1.95. The fourth-order valence-corrected chi connectivity index (χ4v) is 2.14. The Morgan fingerprint density at radius 3 is 2.62 bits per heavy atom. The standard InChI is InChI=1S/C17H19BrN2O/c1-4-20(3)12-19-16-10-13(2)17(11-15(16)18)21-14-8-6-5-7-9-14/h5-12H,4H2,1-3H3. The molecule has 0 aliphatic heterocycles. The first-order valence-electron chi connectivity index (χ1n) is 6.87. The molecule has 0 N–H and O–H groups in total. The summed E-state index contributed by atoms with van der Waals surface area (Å²) in [5.74, 6) is 1.66. The third-order valence-corrected chi connectivity index (χ3v) is 3.74. The van der Waals surface area contributed by atoms with E-state index in [0.717, 1.165) is 33.8 Å². The molecule has 0 saturated carbocycles. The molecule has 2 rings (SSSR count). The van der Waals surface area contributed by atoms with Crippen LogP contribution in [0.4, 0.5) is 5.69 Å². The molecule has 0 aliphatic carbocycles. The highest BCUT2D eigenvalue weighted by molar-refractivity contribution is 9.10. The Balaban J connectivity index is 2.23. The summed E-state index contributed by atoms with van der Waals surface area (Å²) in [7, 11) is 2.00. The van der Waals surface area contributed by atoms with Crippen LogP contribution < -0.4 is 4.74 Å². The van der Waals surface area contributed by atoms with Crippen LogP contribution in [0.5, 0.6) is 11.5 Å². The van der Waals surface area contributed by atoms with Gasteiger partial charge in [-0.1, -0.05) is 18.2 Å². The van der Waals surface area contributed by atoms with E-state index in [1.165, 1.54) is 0 Å². The minimum atomic E-state index is 0.828. The maximum atomic E-state index is 5.90. The van der Waals surface area contributed by atoms with E-state index in [1.807, 2.05) is 67.7 Å². The summed E-state index contributed by atoms with van der Waals surface area (Å²) in [6.45, 7) is 5.03. The Morgan fingerprint density at radius 2 is 1.95 bits per heavy atom. The van der Waals surface area contributed by atoms with Crippen LogP contribution >= 0.6 is 15.9 Å². The van der Waals surface area contributed by atoms with Crippen LogP contribution in [-0.2, 0) is 0 Å². The van der Waals surface area contributed by atoms with E-state index in [2.05, 4.69) is 27.8 Å². The highest BCUT2D eigenvalue weighted by Crippen LogP contribution is 2.34. The number of ether oxygens (including phenoxy) is 1. The maximum absolute atomic E-state index is 5.90. The van der Waals surface area contributed by atoms with Gasteiger partial charge >= 0.3 is 0 Å². The summed E-state index contributed by atoms with van der Waals surface area (Å²) in [6, 6.07) is 13.7. The second kappa shape index (κ2) is 7.27. The lowest BCUT2D eigenvalue weighted by atomic mass is 10.2. The van der Waals surface area contributed by atoms with E-state index in [4.69, 9.17) is 4.74 Å². The minimum absolute atomic E-state index is 0.828. The van der Waals surface area contributed by atoms with E-state index in [1.54, 1.807) is 0 Å². The molecule has 0 fully saturated rings. The number of aryl methyl sites for hydroxylation is 1. The molecule has 0 spiro atoms. The summed E-state index contributed by atoms with van der Waals surface area (Å²) in [5, 5.41) is 0. The normalized spacial score (nSPS) is 10.9. The van der Waals surface area contributed by atoms with Crippen molar-refractivity contribution in [1.29, 1.82) is 0 Å². The van der Waals surface area contributed by atoms with Crippen molar-refractivity contribution < 1.29 is 4.74 Å². The molecule has 0 radical (unpaired) electrons. The van der Waals surface area contributed by atoms with Crippen LogP contribution in [-0.4, -0.2) is 24.8 Å². The average molecular weight is 347 g/mol. The number of nitrogens with zero attached hydrogens (tertiary/aromatic N) is 2. The van der Waals surface area contributed by atoms with Gasteiger partial charge in [-0.25, -0.2) is 4.99 Å². The second-order valence-electron chi connectivity index (χ2n) is 4.80. The highest BCUT2D eigenvalue weighted by Gasteiger charge is 2.07. The quantitative estimate of drug-likeness (QED) is 0.551. The fourth-order valence-electron chi connectivity index (χ4n) is 1.71. The molecular weight excluding hydrogens is 328 g/mol. The molecule has 0 amide bonds. The molecule has 3 nitrogen and oxygen atoms in total. The van der Waals surface area contributed by atoms with Crippen molar-refractivity contribution in [3.8, 4) is 11.5 Å². The Morgan fingerprint density at radius 1 is 1.24 bits per heavy atom. The van der Waals surface area contributed by atoms with Gasteiger partial charge in [0.2, 0.25) is 0 Å². The van der Waals surface area contributed by atoms with Crippen LogP contribution in [0.2, 0.25) is 0 Å². The number of aliphatic imine (C=N–C) groups is 1. The van der Waals surface area contributed by atoms with Crippen LogP contribution in [0.25, 0.3) is 0 Å². The van der Waals surface area contributed by atoms with Gasteiger partial charge in [-0.3, -0.25) is 0 Å². The average Bonchev–Trinajstić information content (AvgIpc) is 2.50. The van der Waals surface area contributed by atoms with Crippen molar-refractivity contribution in [3.05, 3.63) is 52.5 Å². The number of para-hydroxylation sites is 1. The first-order chi connectivity index (χ1) is 10.1. The van der Waals surface area contributed by atoms with Gasteiger partial charge in [0.1, 0.15) is 11.5 Å². The lowest BCUT2D eigenvalue weighted by Crippen LogP contribution is -2.14. The van der Waals surface area contributed by atoms with E-state index in [0.29, 0.717) is 0 Å². The van der Waals surface area contributed by atoms with Crippen LogP contribution in [0.1, 0.15) is 12.5 Å². The summed E-state index contributed by atoms with van der Waals surface area (Å²) < 4.78 is 6.82. The molecule has 0 heterocycles. The van der Waals surface area contributed by atoms with Gasteiger partial charge in [0.25, 0.3) is 0 Å². The monoisotopic (exact) mass is 346 g/mol. The minimum Gasteiger partial charge on any atom is -0.457 e. The van der Waals surface area contributed by atoms with Crippen molar-refractivity contribution in [3.63, 3.8) is 0 Å². The Labute approximate surface area is 134 Å². The van der Waals surface area contributed by atoms with E-state index in [-0.39, 0.29) is 0 Å². The van der Waals surface area contributed by atoms with Gasteiger partial charge < -0.3 is 9.64 Å². The Hall–Kier alpha value is -1.81. The van der Waals surface area contributed by atoms with Crippen LogP contribution in [0.3, 0.4) is 0 Å². The molecule has 0 aromatic heterocycles. The third kappa shape index (κ3) is 4.33. The van der Waals surface area contributed by atoms with E-state index < -0.39 is 0 Å². The third-order valence-electron chi connectivity index (χ3n) is 3.11. The molecule has 0 bridgehead atoms. The lowest BCUT2D eigenvalue weighted by Gasteiger charge is -2.12. The summed E-state index contributed by atoms with van der Waals surface area (Å²) >= 11 is 3.55. The van der Waals surface area contributed by atoms with Crippen molar-refractivity contribution >= 4 is 28.0 Å². The van der Waals surface area contributed by atoms with Gasteiger partial charge in [0, 0.05) is 18.1 Å². The first-order valence-corrected chi connectivity index (χ1v) is 7.67. The van der Waals surface area contributed by atoms with Gasteiger partial charge in [0.15, 0.2) is 0 Å². The summed E-state index contributed by atoms with van der Waals surface area (Å²) in [6.07, 6.45) is 1.83. The van der Waals surface area contributed by atoms with E-state index >= 15 is 0 Å². The fraction of sp³-hybridized carbons (Fsp3) is 0.235. The SMILES string of the molecule is CCN(C)C=Nc1cc(C)c(Oc2ccccc2)cc1Br. The van der Waals surface area contributed by atoms with Crippen molar-refractivity contribution in [1.82, 2.24) is 4.90 Å². The number of benzene rings is 2. The molecule has 0 atom stereocenters. The molecule has 2 aromatic rings. The molecular formula is C17H19BrN2O. The zero-order chi connectivity index (χ0) is 15.2. The Bertz CT molecular complexity index is 626. The summed E-state index contributed by atoms with van der Waals surface area (Å²) in [4.78, 5) is 6.51. The number of hydrogen-bond acceptors (Lipinski definition) is 2. The van der Waals surface area contributed by atoms with Gasteiger partial charge in [0.05, 0.1) is 12.0 Å². The highest BCUT2D eigenvalue weighted by atomic mass is 79.9. The molecule has 0 unspecified atom stereocenters. The van der Waals surface area contributed by atoms with Crippen molar-refractivity contribution in [2.75, 3.05) is 13.6 Å². The van der Waals surface area contributed by atoms with Crippen LogP contribution in [0, 0.1) is 6.92 Å². The smallest absolute Gasteiger partial charge is 0.131 e. The second-order valence-corrected chi connectivity index (χ2v) is 5.66. The predicted octanol–water partition coefficient (Wildman–Crippen LogP) is 5.16.